The minimum Gasteiger partial charge on any atom is -0.366 e. The molecule has 1 unspecified atom stereocenters. The van der Waals surface area contributed by atoms with Gasteiger partial charge in [0.2, 0.25) is 0 Å². The summed E-state index contributed by atoms with van der Waals surface area (Å²) in [5.74, 6) is 2.35. The van der Waals surface area contributed by atoms with Gasteiger partial charge in [0.1, 0.15) is 11.6 Å². The maximum absolute atomic E-state index is 11.7. The lowest BCUT2D eigenvalue weighted by molar-refractivity contribution is 0.602. The number of sulfone groups is 1. The molecule has 7 heteroatoms. The first-order valence-corrected chi connectivity index (χ1v) is 10.2. The van der Waals surface area contributed by atoms with Crippen molar-refractivity contribution in [2.24, 2.45) is 0 Å². The second kappa shape index (κ2) is 6.63. The van der Waals surface area contributed by atoms with Crippen LogP contribution in [-0.4, -0.2) is 41.5 Å². The molecule has 0 aliphatic carbocycles. The molecule has 2 N–H and O–H groups in total. The summed E-state index contributed by atoms with van der Waals surface area (Å²) in [6.45, 7) is 6.19. The molecule has 1 aliphatic rings. The molecule has 3 rings (SSSR count). The van der Waals surface area contributed by atoms with E-state index in [0.717, 1.165) is 5.56 Å². The van der Waals surface area contributed by atoms with Crippen molar-refractivity contribution in [1.29, 1.82) is 0 Å². The Morgan fingerprint density at radius 2 is 1.76 bits per heavy atom. The second-order valence-corrected chi connectivity index (χ2v) is 9.68. The lowest BCUT2D eigenvalue weighted by Crippen LogP contribution is -2.27. The van der Waals surface area contributed by atoms with E-state index in [1.165, 1.54) is 0 Å². The molecule has 2 heterocycles. The molecule has 0 spiro atoms. The van der Waals surface area contributed by atoms with E-state index in [1.807, 2.05) is 36.4 Å². The lowest BCUT2D eigenvalue weighted by atomic mass is 10.1. The van der Waals surface area contributed by atoms with Gasteiger partial charge in [-0.3, -0.25) is 0 Å². The van der Waals surface area contributed by atoms with E-state index in [2.05, 4.69) is 41.4 Å². The van der Waals surface area contributed by atoms with Gasteiger partial charge in [0.25, 0.3) is 0 Å². The first-order valence-electron chi connectivity index (χ1n) is 8.40. The zero-order valence-corrected chi connectivity index (χ0v) is 15.6. The molecule has 6 nitrogen and oxygen atoms in total. The molecule has 1 aromatic heterocycles. The summed E-state index contributed by atoms with van der Waals surface area (Å²) in [7, 11) is -2.94. The maximum Gasteiger partial charge on any atom is 0.163 e. The number of hydrogen-bond acceptors (Lipinski definition) is 6. The Hall–Kier alpha value is -2.15. The molecule has 1 aliphatic heterocycles. The number of anilines is 2. The minimum atomic E-state index is -2.94. The molecule has 1 atom stereocenters. The topological polar surface area (TPSA) is 84.0 Å². The lowest BCUT2D eigenvalue weighted by Gasteiger charge is -2.22. The van der Waals surface area contributed by atoms with Gasteiger partial charge in [-0.15, -0.1) is 0 Å². The second-order valence-electron chi connectivity index (χ2n) is 7.45. The predicted molar refractivity (Wildman–Crippen MR) is 102 cm³/mol. The number of hydrogen-bond donors (Lipinski definition) is 2. The SMILES string of the molecule is CC(C)(C)Nc1cc(NC2CCS(=O)(=O)C2)nc(-c2ccccc2)n1. The van der Waals surface area contributed by atoms with Crippen molar-refractivity contribution >= 4 is 21.5 Å². The van der Waals surface area contributed by atoms with E-state index < -0.39 is 9.84 Å². The minimum absolute atomic E-state index is 0.106. The van der Waals surface area contributed by atoms with Crippen LogP contribution < -0.4 is 10.6 Å². The number of nitrogens with zero attached hydrogens (tertiary/aromatic N) is 2. The van der Waals surface area contributed by atoms with E-state index in [1.54, 1.807) is 0 Å². The summed E-state index contributed by atoms with van der Waals surface area (Å²) in [6.07, 6.45) is 0.606. The third-order valence-electron chi connectivity index (χ3n) is 3.85. The predicted octanol–water partition coefficient (Wildman–Crippen LogP) is 2.95. The average Bonchev–Trinajstić information content (AvgIpc) is 2.85. The largest absolute Gasteiger partial charge is 0.366 e. The van der Waals surface area contributed by atoms with Crippen LogP contribution in [0.1, 0.15) is 27.2 Å². The molecule has 25 heavy (non-hydrogen) atoms. The Morgan fingerprint density at radius 3 is 2.36 bits per heavy atom. The van der Waals surface area contributed by atoms with Gasteiger partial charge >= 0.3 is 0 Å². The molecular weight excluding hydrogens is 336 g/mol. The highest BCUT2D eigenvalue weighted by atomic mass is 32.2. The van der Waals surface area contributed by atoms with E-state index in [9.17, 15) is 8.42 Å². The van der Waals surface area contributed by atoms with Gasteiger partial charge in [-0.25, -0.2) is 18.4 Å². The fourth-order valence-electron chi connectivity index (χ4n) is 2.80. The molecule has 0 bridgehead atoms. The van der Waals surface area contributed by atoms with Crippen LogP contribution in [-0.2, 0) is 9.84 Å². The van der Waals surface area contributed by atoms with Crippen LogP contribution in [0.25, 0.3) is 11.4 Å². The van der Waals surface area contributed by atoms with Gasteiger partial charge in [-0.1, -0.05) is 30.3 Å². The Morgan fingerprint density at radius 1 is 1.08 bits per heavy atom. The highest BCUT2D eigenvalue weighted by molar-refractivity contribution is 7.91. The Labute approximate surface area is 149 Å². The third-order valence-corrected chi connectivity index (χ3v) is 5.61. The van der Waals surface area contributed by atoms with E-state index in [0.29, 0.717) is 23.9 Å². The summed E-state index contributed by atoms with van der Waals surface area (Å²) in [5, 5.41) is 6.63. The molecule has 0 amide bonds. The standard InChI is InChI=1S/C18H24N4O2S/c1-18(2,3)22-16-11-15(19-14-9-10-25(23,24)12-14)20-17(21-16)13-7-5-4-6-8-13/h4-8,11,14H,9-10,12H2,1-3H3,(H2,19,20,21,22). The van der Waals surface area contributed by atoms with Crippen LogP contribution in [0.3, 0.4) is 0 Å². The molecule has 1 fully saturated rings. The van der Waals surface area contributed by atoms with Gasteiger partial charge in [0, 0.05) is 23.2 Å². The van der Waals surface area contributed by atoms with Crippen LogP contribution in [0.5, 0.6) is 0 Å². The normalized spacial score (nSPS) is 19.6. The monoisotopic (exact) mass is 360 g/mol. The summed E-state index contributed by atoms with van der Waals surface area (Å²) in [4.78, 5) is 9.20. The van der Waals surface area contributed by atoms with Crippen LogP contribution in [0.15, 0.2) is 36.4 Å². The summed E-state index contributed by atoms with van der Waals surface area (Å²) < 4.78 is 23.4. The van der Waals surface area contributed by atoms with Gasteiger partial charge in [0.05, 0.1) is 11.5 Å². The van der Waals surface area contributed by atoms with Crippen molar-refractivity contribution in [2.75, 3.05) is 22.1 Å². The number of nitrogens with one attached hydrogen (secondary N) is 2. The molecule has 1 aromatic carbocycles. The maximum atomic E-state index is 11.7. The third kappa shape index (κ3) is 4.92. The molecular formula is C18H24N4O2S. The van der Waals surface area contributed by atoms with Gasteiger partial charge < -0.3 is 10.6 Å². The van der Waals surface area contributed by atoms with E-state index in [4.69, 9.17) is 0 Å². The summed E-state index contributed by atoms with van der Waals surface area (Å²) in [5.41, 5.74) is 0.776. The Bertz CT molecular complexity index is 845. The highest BCUT2D eigenvalue weighted by Crippen LogP contribution is 2.24. The quantitative estimate of drug-likeness (QED) is 0.872. The van der Waals surface area contributed by atoms with Crippen LogP contribution in [0, 0.1) is 0 Å². The molecule has 0 saturated carbocycles. The van der Waals surface area contributed by atoms with E-state index in [-0.39, 0.29) is 23.1 Å². The summed E-state index contributed by atoms with van der Waals surface area (Å²) >= 11 is 0. The Kier molecular flexibility index (Phi) is 4.69. The van der Waals surface area contributed by atoms with Crippen molar-refractivity contribution in [2.45, 2.75) is 38.8 Å². The number of rotatable bonds is 4. The van der Waals surface area contributed by atoms with Gasteiger partial charge in [-0.2, -0.15) is 0 Å². The Balaban J connectivity index is 1.92. The van der Waals surface area contributed by atoms with Crippen molar-refractivity contribution in [1.82, 2.24) is 9.97 Å². The fraction of sp³-hybridized carbons (Fsp3) is 0.444. The van der Waals surface area contributed by atoms with Crippen LogP contribution in [0.2, 0.25) is 0 Å². The van der Waals surface area contributed by atoms with Crippen molar-refractivity contribution in [3.8, 4) is 11.4 Å². The summed E-state index contributed by atoms with van der Waals surface area (Å²) in [6, 6.07) is 11.5. The zero-order chi connectivity index (χ0) is 18.1. The average molecular weight is 360 g/mol. The van der Waals surface area contributed by atoms with Crippen molar-refractivity contribution in [3.63, 3.8) is 0 Å². The molecule has 1 saturated heterocycles. The van der Waals surface area contributed by atoms with Crippen LogP contribution in [0.4, 0.5) is 11.6 Å². The first kappa shape index (κ1) is 17.7. The van der Waals surface area contributed by atoms with Crippen molar-refractivity contribution in [3.05, 3.63) is 36.4 Å². The highest BCUT2D eigenvalue weighted by Gasteiger charge is 2.28. The number of aromatic nitrogens is 2. The first-order chi connectivity index (χ1) is 11.7. The molecule has 2 aromatic rings. The van der Waals surface area contributed by atoms with Gasteiger partial charge in [0.15, 0.2) is 15.7 Å². The van der Waals surface area contributed by atoms with Crippen LogP contribution >= 0.6 is 0 Å². The van der Waals surface area contributed by atoms with Gasteiger partial charge in [-0.05, 0) is 27.2 Å². The molecule has 134 valence electrons. The molecule has 0 radical (unpaired) electrons. The smallest absolute Gasteiger partial charge is 0.163 e. The van der Waals surface area contributed by atoms with E-state index >= 15 is 0 Å². The fourth-order valence-corrected chi connectivity index (χ4v) is 4.48. The van der Waals surface area contributed by atoms with Crippen molar-refractivity contribution < 1.29 is 8.42 Å². The zero-order valence-electron chi connectivity index (χ0n) is 14.8. The number of benzene rings is 1.